The molecule has 0 heterocycles. The minimum atomic E-state index is -0.117. The summed E-state index contributed by atoms with van der Waals surface area (Å²) in [7, 11) is 0. The molecule has 1 atom stereocenters. The summed E-state index contributed by atoms with van der Waals surface area (Å²) in [6.45, 7) is 3.96. The first-order chi connectivity index (χ1) is 8.31. The summed E-state index contributed by atoms with van der Waals surface area (Å²) in [5.41, 5.74) is 2.92. The van der Waals surface area contributed by atoms with Crippen molar-refractivity contribution in [3.05, 3.63) is 35.4 Å². The van der Waals surface area contributed by atoms with Crippen LogP contribution in [0.3, 0.4) is 0 Å². The number of benzene rings is 1. The van der Waals surface area contributed by atoms with Crippen molar-refractivity contribution in [2.45, 2.75) is 25.7 Å². The zero-order valence-corrected chi connectivity index (χ0v) is 10.2. The molecule has 3 heteroatoms. The third-order valence-corrected chi connectivity index (χ3v) is 3.16. The summed E-state index contributed by atoms with van der Waals surface area (Å²) < 4.78 is 4.87. The fourth-order valence-electron chi connectivity index (χ4n) is 2.24. The van der Waals surface area contributed by atoms with E-state index in [2.05, 4.69) is 29.6 Å². The lowest BCUT2D eigenvalue weighted by Gasteiger charge is -2.30. The van der Waals surface area contributed by atoms with Gasteiger partial charge in [0.05, 0.1) is 13.0 Å². The standard InChI is InChI=1S/C14H19NO2/c1-2-17-14(16)7-8-15-10-12-9-11-5-3-4-6-13(11)12/h3-6,12,15H,2,7-10H2,1H3. The predicted molar refractivity (Wildman–Crippen MR) is 67.0 cm³/mol. The molecule has 0 saturated heterocycles. The number of ether oxygens (including phenoxy) is 1. The number of nitrogens with one attached hydrogen (secondary N) is 1. The van der Waals surface area contributed by atoms with Gasteiger partial charge in [0, 0.05) is 19.0 Å². The molecule has 0 spiro atoms. The van der Waals surface area contributed by atoms with Crippen LogP contribution in [0, 0.1) is 0 Å². The van der Waals surface area contributed by atoms with Crippen molar-refractivity contribution in [2.24, 2.45) is 0 Å². The molecule has 1 aliphatic carbocycles. The molecule has 92 valence electrons. The molecule has 0 radical (unpaired) electrons. The minimum Gasteiger partial charge on any atom is -0.466 e. The number of carbonyl (C=O) groups is 1. The molecule has 0 aromatic heterocycles. The quantitative estimate of drug-likeness (QED) is 0.602. The molecule has 3 nitrogen and oxygen atoms in total. The van der Waals surface area contributed by atoms with E-state index in [-0.39, 0.29) is 5.97 Å². The summed E-state index contributed by atoms with van der Waals surface area (Å²) in [5.74, 6) is 0.502. The van der Waals surface area contributed by atoms with Crippen molar-refractivity contribution < 1.29 is 9.53 Å². The molecule has 1 aromatic carbocycles. The molecule has 1 aromatic rings. The van der Waals surface area contributed by atoms with E-state index in [0.29, 0.717) is 25.5 Å². The highest BCUT2D eigenvalue weighted by Gasteiger charge is 2.24. The van der Waals surface area contributed by atoms with Crippen molar-refractivity contribution in [2.75, 3.05) is 19.7 Å². The van der Waals surface area contributed by atoms with Gasteiger partial charge in [0.1, 0.15) is 0 Å². The van der Waals surface area contributed by atoms with Gasteiger partial charge in [0.2, 0.25) is 0 Å². The third kappa shape index (κ3) is 3.07. The normalized spacial score (nSPS) is 17.1. The second-order valence-corrected chi connectivity index (χ2v) is 4.36. The monoisotopic (exact) mass is 233 g/mol. The summed E-state index contributed by atoms with van der Waals surface area (Å²) in [6, 6.07) is 8.55. The van der Waals surface area contributed by atoms with Gasteiger partial charge < -0.3 is 10.1 Å². The van der Waals surface area contributed by atoms with Crippen LogP contribution in [0.15, 0.2) is 24.3 Å². The zero-order valence-electron chi connectivity index (χ0n) is 10.2. The number of hydrogen-bond acceptors (Lipinski definition) is 3. The first kappa shape index (κ1) is 12.1. The molecule has 1 unspecified atom stereocenters. The Hall–Kier alpha value is -1.35. The Kier molecular flexibility index (Phi) is 4.15. The molecule has 17 heavy (non-hydrogen) atoms. The SMILES string of the molecule is CCOC(=O)CCNCC1Cc2ccccc21. The Morgan fingerprint density at radius 3 is 3.06 bits per heavy atom. The number of carbonyl (C=O) groups excluding carboxylic acids is 1. The lowest BCUT2D eigenvalue weighted by atomic mass is 9.77. The molecular formula is C14H19NO2. The fraction of sp³-hybridized carbons (Fsp3) is 0.500. The highest BCUT2D eigenvalue weighted by molar-refractivity contribution is 5.69. The average molecular weight is 233 g/mol. The molecule has 1 N–H and O–H groups in total. The molecule has 0 bridgehead atoms. The summed E-state index contributed by atoms with van der Waals surface area (Å²) in [5, 5.41) is 3.32. The van der Waals surface area contributed by atoms with Gasteiger partial charge in [0.15, 0.2) is 0 Å². The smallest absolute Gasteiger partial charge is 0.307 e. The number of rotatable bonds is 6. The van der Waals surface area contributed by atoms with Gasteiger partial charge >= 0.3 is 5.97 Å². The second kappa shape index (κ2) is 5.82. The van der Waals surface area contributed by atoms with Gasteiger partial charge in [-0.1, -0.05) is 24.3 Å². The van der Waals surface area contributed by atoms with E-state index in [1.807, 2.05) is 6.92 Å². The largest absolute Gasteiger partial charge is 0.466 e. The van der Waals surface area contributed by atoms with Crippen molar-refractivity contribution in [3.63, 3.8) is 0 Å². The zero-order chi connectivity index (χ0) is 12.1. The molecule has 0 amide bonds. The second-order valence-electron chi connectivity index (χ2n) is 4.36. The molecule has 1 aliphatic rings. The summed E-state index contributed by atoms with van der Waals surface area (Å²) in [6.07, 6.45) is 1.62. The van der Waals surface area contributed by atoms with Crippen LogP contribution in [0.2, 0.25) is 0 Å². The lowest BCUT2D eigenvalue weighted by molar-refractivity contribution is -0.142. The summed E-state index contributed by atoms with van der Waals surface area (Å²) >= 11 is 0. The van der Waals surface area contributed by atoms with Crippen LogP contribution >= 0.6 is 0 Å². The van der Waals surface area contributed by atoms with Crippen molar-refractivity contribution >= 4 is 5.97 Å². The van der Waals surface area contributed by atoms with Gasteiger partial charge in [-0.15, -0.1) is 0 Å². The van der Waals surface area contributed by atoms with Gasteiger partial charge in [-0.25, -0.2) is 0 Å². The van der Waals surface area contributed by atoms with E-state index in [1.54, 1.807) is 0 Å². The summed E-state index contributed by atoms with van der Waals surface area (Å²) in [4.78, 5) is 11.1. The van der Waals surface area contributed by atoms with Gasteiger partial charge in [-0.3, -0.25) is 4.79 Å². The van der Waals surface area contributed by atoms with Gasteiger partial charge in [-0.2, -0.15) is 0 Å². The Morgan fingerprint density at radius 1 is 1.47 bits per heavy atom. The Balaban J connectivity index is 1.63. The lowest BCUT2D eigenvalue weighted by Crippen LogP contribution is -2.30. The van der Waals surface area contributed by atoms with Crippen LogP contribution in [0.4, 0.5) is 0 Å². The van der Waals surface area contributed by atoms with E-state index in [4.69, 9.17) is 4.74 Å². The van der Waals surface area contributed by atoms with Crippen molar-refractivity contribution in [3.8, 4) is 0 Å². The fourth-order valence-corrected chi connectivity index (χ4v) is 2.24. The van der Waals surface area contributed by atoms with Crippen LogP contribution in [-0.4, -0.2) is 25.7 Å². The van der Waals surface area contributed by atoms with Crippen LogP contribution in [0.25, 0.3) is 0 Å². The Bertz CT molecular complexity index is 390. The van der Waals surface area contributed by atoms with Crippen LogP contribution in [0.5, 0.6) is 0 Å². The minimum absolute atomic E-state index is 0.117. The van der Waals surface area contributed by atoms with Crippen molar-refractivity contribution in [1.82, 2.24) is 5.32 Å². The van der Waals surface area contributed by atoms with E-state index in [9.17, 15) is 4.79 Å². The van der Waals surface area contributed by atoms with E-state index >= 15 is 0 Å². The third-order valence-electron chi connectivity index (χ3n) is 3.16. The maximum Gasteiger partial charge on any atom is 0.307 e. The highest BCUT2D eigenvalue weighted by atomic mass is 16.5. The Labute approximate surface area is 102 Å². The molecule has 2 rings (SSSR count). The average Bonchev–Trinajstić information content (AvgIpc) is 2.30. The highest BCUT2D eigenvalue weighted by Crippen LogP contribution is 2.33. The van der Waals surface area contributed by atoms with E-state index in [0.717, 1.165) is 13.0 Å². The predicted octanol–water partition coefficient (Wildman–Crippen LogP) is 1.87. The maximum atomic E-state index is 11.1. The Morgan fingerprint density at radius 2 is 2.29 bits per heavy atom. The number of esters is 1. The van der Waals surface area contributed by atoms with Crippen LogP contribution < -0.4 is 5.32 Å². The number of fused-ring (bicyclic) bond motifs is 1. The van der Waals surface area contributed by atoms with Crippen LogP contribution in [0.1, 0.15) is 30.4 Å². The van der Waals surface area contributed by atoms with Crippen molar-refractivity contribution in [1.29, 1.82) is 0 Å². The van der Waals surface area contributed by atoms with Crippen LogP contribution in [-0.2, 0) is 16.0 Å². The molecule has 0 aliphatic heterocycles. The van der Waals surface area contributed by atoms with Gasteiger partial charge in [-0.05, 0) is 24.5 Å². The first-order valence-corrected chi connectivity index (χ1v) is 6.25. The number of hydrogen-bond donors (Lipinski definition) is 1. The molecule has 0 fully saturated rings. The van der Waals surface area contributed by atoms with E-state index in [1.165, 1.54) is 11.1 Å². The topological polar surface area (TPSA) is 38.3 Å². The maximum absolute atomic E-state index is 11.1. The van der Waals surface area contributed by atoms with E-state index < -0.39 is 0 Å². The first-order valence-electron chi connectivity index (χ1n) is 6.25. The molecular weight excluding hydrogens is 214 g/mol. The van der Waals surface area contributed by atoms with Gasteiger partial charge in [0.25, 0.3) is 0 Å². The molecule has 0 saturated carbocycles.